The monoisotopic (exact) mass is 266 g/mol. The van der Waals surface area contributed by atoms with Gasteiger partial charge in [0.2, 0.25) is 5.91 Å². The second-order valence-corrected chi connectivity index (χ2v) is 4.72. The van der Waals surface area contributed by atoms with Crippen LogP contribution in [0.25, 0.3) is 0 Å². The number of nitrogens with zero attached hydrogens (tertiary/aromatic N) is 2. The van der Waals surface area contributed by atoms with Crippen molar-refractivity contribution in [1.29, 1.82) is 0 Å². The van der Waals surface area contributed by atoms with E-state index in [2.05, 4.69) is 15.7 Å². The lowest BCUT2D eigenvalue weighted by atomic mass is 10.0. The number of nitrogens with one attached hydrogen (secondary N) is 2. The van der Waals surface area contributed by atoms with Gasteiger partial charge in [-0.1, -0.05) is 6.92 Å². The number of likely N-dealkylation sites (N-methyl/N-ethyl adjacent to an activating group) is 1. The third-order valence-corrected chi connectivity index (χ3v) is 3.31. The van der Waals surface area contributed by atoms with Crippen LogP contribution in [-0.2, 0) is 16.1 Å². The van der Waals surface area contributed by atoms with Crippen molar-refractivity contribution in [2.75, 3.05) is 26.3 Å². The number of aryl methyl sites for hydroxylation is 1. The highest BCUT2D eigenvalue weighted by Gasteiger charge is 2.32. The molecule has 2 rings (SSSR count). The molecule has 0 saturated carbocycles. The number of aromatic nitrogens is 2. The largest absolute Gasteiger partial charge is 0.379 e. The fraction of sp³-hybridized carbons (Fsp3) is 0.692. The average Bonchev–Trinajstić information content (AvgIpc) is 3.05. The molecule has 1 aliphatic rings. The molecule has 2 unspecified atom stereocenters. The Morgan fingerprint density at radius 2 is 2.42 bits per heavy atom. The van der Waals surface area contributed by atoms with Gasteiger partial charge in [0.1, 0.15) is 0 Å². The van der Waals surface area contributed by atoms with E-state index >= 15 is 0 Å². The van der Waals surface area contributed by atoms with Gasteiger partial charge in [-0.05, 0) is 19.0 Å². The first-order valence-corrected chi connectivity index (χ1v) is 6.87. The Morgan fingerprint density at radius 1 is 1.53 bits per heavy atom. The topological polar surface area (TPSA) is 68.2 Å². The van der Waals surface area contributed by atoms with Gasteiger partial charge in [-0.2, -0.15) is 5.10 Å². The summed E-state index contributed by atoms with van der Waals surface area (Å²) in [7, 11) is 0. The van der Waals surface area contributed by atoms with E-state index in [0.29, 0.717) is 19.8 Å². The van der Waals surface area contributed by atoms with E-state index in [1.54, 1.807) is 6.20 Å². The summed E-state index contributed by atoms with van der Waals surface area (Å²) in [5.74, 6) is 0.0218. The Kier molecular flexibility index (Phi) is 5.35. The number of carbonyl (C=O) groups is 1. The van der Waals surface area contributed by atoms with Crippen molar-refractivity contribution < 1.29 is 9.53 Å². The molecule has 2 heterocycles. The number of amides is 1. The SMILES string of the molecule is CCNC1COCC1C(=O)NCCCn1cccn1. The Bertz CT molecular complexity index is 380. The number of carbonyl (C=O) groups excluding carboxylic acids is 1. The molecule has 106 valence electrons. The molecule has 6 heteroatoms. The minimum atomic E-state index is -0.0651. The molecule has 19 heavy (non-hydrogen) atoms. The van der Waals surface area contributed by atoms with Crippen LogP contribution in [-0.4, -0.2) is 48.0 Å². The van der Waals surface area contributed by atoms with Crippen molar-refractivity contribution in [3.63, 3.8) is 0 Å². The molecule has 0 aromatic carbocycles. The quantitative estimate of drug-likeness (QED) is 0.682. The fourth-order valence-corrected chi connectivity index (χ4v) is 2.29. The molecule has 6 nitrogen and oxygen atoms in total. The maximum atomic E-state index is 12.0. The number of hydrogen-bond donors (Lipinski definition) is 2. The molecule has 1 amide bonds. The van der Waals surface area contributed by atoms with E-state index in [9.17, 15) is 4.79 Å². The summed E-state index contributed by atoms with van der Waals surface area (Å²) in [4.78, 5) is 12.0. The summed E-state index contributed by atoms with van der Waals surface area (Å²) in [6.07, 6.45) is 4.57. The molecule has 0 aliphatic carbocycles. The highest BCUT2D eigenvalue weighted by molar-refractivity contribution is 5.79. The Hall–Kier alpha value is -1.40. The van der Waals surface area contributed by atoms with Gasteiger partial charge in [-0.25, -0.2) is 0 Å². The van der Waals surface area contributed by atoms with Crippen LogP contribution in [0.1, 0.15) is 13.3 Å². The zero-order chi connectivity index (χ0) is 13.5. The molecule has 1 aromatic heterocycles. The van der Waals surface area contributed by atoms with Crippen molar-refractivity contribution in [2.45, 2.75) is 25.9 Å². The van der Waals surface area contributed by atoms with Crippen molar-refractivity contribution in [1.82, 2.24) is 20.4 Å². The maximum Gasteiger partial charge on any atom is 0.227 e. The zero-order valence-electron chi connectivity index (χ0n) is 11.3. The van der Waals surface area contributed by atoms with Crippen molar-refractivity contribution in [3.05, 3.63) is 18.5 Å². The lowest BCUT2D eigenvalue weighted by Gasteiger charge is -2.17. The maximum absolute atomic E-state index is 12.0. The van der Waals surface area contributed by atoms with Gasteiger partial charge in [0.15, 0.2) is 0 Å². The van der Waals surface area contributed by atoms with E-state index in [1.807, 2.05) is 23.9 Å². The van der Waals surface area contributed by atoms with Gasteiger partial charge < -0.3 is 15.4 Å². The third kappa shape index (κ3) is 4.04. The van der Waals surface area contributed by atoms with E-state index in [-0.39, 0.29) is 17.9 Å². The predicted molar refractivity (Wildman–Crippen MR) is 71.6 cm³/mol. The summed E-state index contributed by atoms with van der Waals surface area (Å²) in [5.41, 5.74) is 0. The molecule has 1 fully saturated rings. The third-order valence-electron chi connectivity index (χ3n) is 3.31. The van der Waals surface area contributed by atoms with Gasteiger partial charge in [0.25, 0.3) is 0 Å². The fourth-order valence-electron chi connectivity index (χ4n) is 2.29. The molecule has 0 radical (unpaired) electrons. The second kappa shape index (κ2) is 7.25. The molecule has 0 bridgehead atoms. The zero-order valence-corrected chi connectivity index (χ0v) is 11.3. The van der Waals surface area contributed by atoms with Gasteiger partial charge in [0.05, 0.1) is 19.1 Å². The van der Waals surface area contributed by atoms with E-state index < -0.39 is 0 Å². The lowest BCUT2D eigenvalue weighted by Crippen LogP contribution is -2.44. The van der Waals surface area contributed by atoms with Gasteiger partial charge >= 0.3 is 0 Å². The molecular weight excluding hydrogens is 244 g/mol. The molecule has 2 N–H and O–H groups in total. The lowest BCUT2D eigenvalue weighted by molar-refractivity contribution is -0.125. The standard InChI is InChI=1S/C13H22N4O2/c1-2-14-12-10-19-9-11(12)13(18)15-5-3-7-17-8-4-6-16-17/h4,6,8,11-12,14H,2-3,5,7,9-10H2,1H3,(H,15,18). The van der Waals surface area contributed by atoms with Crippen LogP contribution < -0.4 is 10.6 Å². The van der Waals surface area contributed by atoms with Crippen LogP contribution in [0.4, 0.5) is 0 Å². The molecule has 1 aliphatic heterocycles. The molecule has 2 atom stereocenters. The van der Waals surface area contributed by atoms with Crippen LogP contribution in [0, 0.1) is 5.92 Å². The van der Waals surface area contributed by atoms with Gasteiger partial charge in [-0.15, -0.1) is 0 Å². The first-order valence-electron chi connectivity index (χ1n) is 6.87. The number of rotatable bonds is 7. The van der Waals surface area contributed by atoms with Crippen LogP contribution in [0.2, 0.25) is 0 Å². The van der Waals surface area contributed by atoms with E-state index in [4.69, 9.17) is 4.74 Å². The summed E-state index contributed by atoms with van der Waals surface area (Å²) < 4.78 is 7.24. The number of hydrogen-bond acceptors (Lipinski definition) is 4. The summed E-state index contributed by atoms with van der Waals surface area (Å²) in [5, 5.41) is 10.4. The van der Waals surface area contributed by atoms with Gasteiger partial charge in [0, 0.05) is 31.5 Å². The molecule has 1 aromatic rings. The average molecular weight is 266 g/mol. The highest BCUT2D eigenvalue weighted by Crippen LogP contribution is 2.13. The van der Waals surface area contributed by atoms with Gasteiger partial charge in [-0.3, -0.25) is 9.48 Å². The Morgan fingerprint density at radius 3 is 3.16 bits per heavy atom. The van der Waals surface area contributed by atoms with Crippen LogP contribution in [0.5, 0.6) is 0 Å². The predicted octanol–water partition coefficient (Wildman–Crippen LogP) is 0.0139. The summed E-state index contributed by atoms with van der Waals surface area (Å²) >= 11 is 0. The summed E-state index contributed by atoms with van der Waals surface area (Å²) in [6.45, 7) is 5.54. The van der Waals surface area contributed by atoms with E-state index in [0.717, 1.165) is 19.5 Å². The number of ether oxygens (including phenoxy) is 1. The van der Waals surface area contributed by atoms with Crippen molar-refractivity contribution >= 4 is 5.91 Å². The van der Waals surface area contributed by atoms with Crippen molar-refractivity contribution in [3.8, 4) is 0 Å². The molecular formula is C13H22N4O2. The van der Waals surface area contributed by atoms with Crippen LogP contribution >= 0.6 is 0 Å². The van der Waals surface area contributed by atoms with Crippen molar-refractivity contribution in [2.24, 2.45) is 5.92 Å². The second-order valence-electron chi connectivity index (χ2n) is 4.72. The minimum absolute atomic E-state index is 0.0651. The first-order chi connectivity index (χ1) is 9.31. The molecule has 1 saturated heterocycles. The Balaban J connectivity index is 1.66. The Labute approximate surface area is 113 Å². The molecule has 0 spiro atoms. The first kappa shape index (κ1) is 14.0. The summed E-state index contributed by atoms with van der Waals surface area (Å²) in [6, 6.07) is 2.05. The normalized spacial score (nSPS) is 22.6. The highest BCUT2D eigenvalue weighted by atomic mass is 16.5. The van der Waals surface area contributed by atoms with Crippen LogP contribution in [0.15, 0.2) is 18.5 Å². The van der Waals surface area contributed by atoms with E-state index in [1.165, 1.54) is 0 Å². The van der Waals surface area contributed by atoms with Crippen LogP contribution in [0.3, 0.4) is 0 Å². The minimum Gasteiger partial charge on any atom is -0.379 e. The smallest absolute Gasteiger partial charge is 0.227 e.